The summed E-state index contributed by atoms with van der Waals surface area (Å²) in [4.78, 5) is 20.2. The molecule has 39 heavy (non-hydrogen) atoms. The Labute approximate surface area is 244 Å². The number of amides is 1. The SMILES string of the molecule is C=CCC1OCC(c2ccc(Cl)cc2)N(C(CS(=O)c2ccncc2)C2CC2)C1=O.CC.Clc1ccccc1. The second-order valence-electron chi connectivity index (χ2n) is 9.05. The number of carbonyl (C=O) groups excluding carboxylic acids is 1. The van der Waals surface area contributed by atoms with Gasteiger partial charge in [0, 0.05) is 45.5 Å². The third kappa shape index (κ3) is 9.00. The van der Waals surface area contributed by atoms with Gasteiger partial charge in [0.25, 0.3) is 5.91 Å². The first-order chi connectivity index (χ1) is 19.0. The molecular formula is C31H36Cl2N2O3S. The van der Waals surface area contributed by atoms with E-state index in [-0.39, 0.29) is 18.0 Å². The molecule has 1 saturated heterocycles. The van der Waals surface area contributed by atoms with E-state index in [1.807, 2.05) is 73.3 Å². The van der Waals surface area contributed by atoms with Crippen LogP contribution in [0.5, 0.6) is 0 Å². The van der Waals surface area contributed by atoms with E-state index in [9.17, 15) is 9.00 Å². The molecule has 2 fully saturated rings. The molecule has 5 nitrogen and oxygen atoms in total. The molecule has 0 bridgehead atoms. The van der Waals surface area contributed by atoms with Crippen LogP contribution in [0.4, 0.5) is 0 Å². The van der Waals surface area contributed by atoms with Crippen molar-refractivity contribution in [3.05, 3.63) is 107 Å². The topological polar surface area (TPSA) is 59.5 Å². The van der Waals surface area contributed by atoms with Crippen LogP contribution in [0.2, 0.25) is 10.0 Å². The quantitative estimate of drug-likeness (QED) is 0.256. The average molecular weight is 588 g/mol. The van der Waals surface area contributed by atoms with E-state index in [0.717, 1.165) is 28.3 Å². The first-order valence-electron chi connectivity index (χ1n) is 13.3. The summed E-state index contributed by atoms with van der Waals surface area (Å²) in [5.41, 5.74) is 0.977. The minimum absolute atomic E-state index is 0.0512. The lowest BCUT2D eigenvalue weighted by molar-refractivity contribution is -0.163. The Kier molecular flexibility index (Phi) is 12.7. The molecule has 1 aliphatic heterocycles. The minimum Gasteiger partial charge on any atom is -0.366 e. The molecule has 2 aliphatic rings. The Morgan fingerprint density at radius 2 is 1.64 bits per heavy atom. The summed E-state index contributed by atoms with van der Waals surface area (Å²) in [5, 5.41) is 1.44. The van der Waals surface area contributed by atoms with Gasteiger partial charge in [0.05, 0.1) is 23.4 Å². The van der Waals surface area contributed by atoms with Crippen molar-refractivity contribution in [3.63, 3.8) is 0 Å². The zero-order chi connectivity index (χ0) is 28.2. The number of hydrogen-bond donors (Lipinski definition) is 0. The maximum absolute atomic E-state index is 13.5. The second kappa shape index (κ2) is 15.9. The van der Waals surface area contributed by atoms with Crippen molar-refractivity contribution in [1.29, 1.82) is 0 Å². The number of hydrogen-bond acceptors (Lipinski definition) is 4. The highest BCUT2D eigenvalue weighted by Crippen LogP contribution is 2.41. The number of benzene rings is 2. The Morgan fingerprint density at radius 3 is 2.18 bits per heavy atom. The lowest BCUT2D eigenvalue weighted by atomic mass is 9.98. The fraction of sp³-hybridized carbons (Fsp3) is 0.355. The zero-order valence-corrected chi connectivity index (χ0v) is 24.7. The lowest BCUT2D eigenvalue weighted by Gasteiger charge is -2.44. The van der Waals surface area contributed by atoms with Gasteiger partial charge in [-0.3, -0.25) is 14.0 Å². The van der Waals surface area contributed by atoms with E-state index in [1.54, 1.807) is 30.6 Å². The number of ether oxygens (including phenoxy) is 1. The maximum Gasteiger partial charge on any atom is 0.252 e. The number of nitrogens with zero attached hydrogens (tertiary/aromatic N) is 2. The Bertz CT molecular complexity index is 1190. The van der Waals surface area contributed by atoms with E-state index in [2.05, 4.69) is 11.6 Å². The molecule has 208 valence electrons. The van der Waals surface area contributed by atoms with Gasteiger partial charge in [0.2, 0.25) is 0 Å². The van der Waals surface area contributed by atoms with Crippen molar-refractivity contribution in [2.45, 2.75) is 56.2 Å². The summed E-state index contributed by atoms with van der Waals surface area (Å²) in [6.45, 7) is 8.16. The highest BCUT2D eigenvalue weighted by Gasteiger charge is 2.46. The number of aromatic nitrogens is 1. The molecule has 1 aromatic heterocycles. The summed E-state index contributed by atoms with van der Waals surface area (Å²) in [6.07, 6.45) is 7.02. The van der Waals surface area contributed by atoms with Crippen molar-refractivity contribution in [1.82, 2.24) is 9.88 Å². The highest BCUT2D eigenvalue weighted by molar-refractivity contribution is 7.85. The monoisotopic (exact) mass is 586 g/mol. The van der Waals surface area contributed by atoms with Crippen LogP contribution in [0.3, 0.4) is 0 Å². The summed E-state index contributed by atoms with van der Waals surface area (Å²) in [7, 11) is -1.22. The predicted molar refractivity (Wildman–Crippen MR) is 160 cm³/mol. The number of carbonyl (C=O) groups is 1. The van der Waals surface area contributed by atoms with E-state index < -0.39 is 16.9 Å². The van der Waals surface area contributed by atoms with Gasteiger partial charge in [-0.2, -0.15) is 0 Å². The van der Waals surface area contributed by atoms with Gasteiger partial charge in [0.1, 0.15) is 6.10 Å². The first kappa shape index (κ1) is 31.0. The molecule has 2 aromatic carbocycles. The fourth-order valence-corrected chi connectivity index (χ4v) is 6.05. The summed E-state index contributed by atoms with van der Waals surface area (Å²) >= 11 is 11.6. The van der Waals surface area contributed by atoms with Crippen molar-refractivity contribution >= 4 is 39.9 Å². The van der Waals surface area contributed by atoms with Gasteiger partial charge >= 0.3 is 0 Å². The van der Waals surface area contributed by atoms with Gasteiger partial charge < -0.3 is 9.64 Å². The second-order valence-corrected chi connectivity index (χ2v) is 11.4. The van der Waals surface area contributed by atoms with Crippen LogP contribution in [0.1, 0.15) is 44.7 Å². The highest BCUT2D eigenvalue weighted by atomic mass is 35.5. The first-order valence-corrected chi connectivity index (χ1v) is 15.3. The molecule has 8 heteroatoms. The van der Waals surface area contributed by atoms with Gasteiger partial charge in [0.15, 0.2) is 0 Å². The van der Waals surface area contributed by atoms with Crippen molar-refractivity contribution in [2.24, 2.45) is 5.92 Å². The van der Waals surface area contributed by atoms with Gasteiger partial charge in [-0.15, -0.1) is 6.58 Å². The molecule has 0 spiro atoms. The largest absolute Gasteiger partial charge is 0.366 e. The Morgan fingerprint density at radius 1 is 1.03 bits per heavy atom. The van der Waals surface area contributed by atoms with Crippen LogP contribution < -0.4 is 0 Å². The van der Waals surface area contributed by atoms with Crippen molar-refractivity contribution in [3.8, 4) is 0 Å². The van der Waals surface area contributed by atoms with E-state index in [0.29, 0.717) is 29.7 Å². The molecule has 5 rings (SSSR count). The molecule has 4 atom stereocenters. The number of halogens is 2. The molecule has 0 radical (unpaired) electrons. The molecule has 1 aliphatic carbocycles. The van der Waals surface area contributed by atoms with Gasteiger partial charge in [-0.05, 0) is 60.7 Å². The normalized spacial score (nSPS) is 20.0. The molecular weight excluding hydrogens is 551 g/mol. The number of rotatable bonds is 8. The number of pyridine rings is 1. The lowest BCUT2D eigenvalue weighted by Crippen LogP contribution is -2.55. The van der Waals surface area contributed by atoms with Gasteiger partial charge in [-0.25, -0.2) is 0 Å². The van der Waals surface area contributed by atoms with Gasteiger partial charge in [-0.1, -0.05) is 73.5 Å². The molecule has 1 saturated carbocycles. The number of morpholine rings is 1. The van der Waals surface area contributed by atoms with E-state index >= 15 is 0 Å². The van der Waals surface area contributed by atoms with E-state index in [4.69, 9.17) is 27.9 Å². The minimum atomic E-state index is -1.22. The molecule has 3 aromatic rings. The standard InChI is InChI=1S/C23H25ClN2O3S.C6H5Cl.C2H6/c1-2-3-22-23(27)26(20(14-29-22)16-6-8-18(24)9-7-16)21(17-4-5-17)15-30(28)19-10-12-25-13-11-19;7-6-4-2-1-3-5-6;1-2/h2,6-13,17,20-22H,1,3-5,14-15H2;1-5H;1-2H3. The molecule has 2 heterocycles. The van der Waals surface area contributed by atoms with Crippen LogP contribution in [0, 0.1) is 5.92 Å². The third-order valence-corrected chi connectivity index (χ3v) is 8.39. The molecule has 1 amide bonds. The Hall–Kier alpha value is -2.51. The van der Waals surface area contributed by atoms with Crippen LogP contribution in [0.15, 0.2) is 96.7 Å². The summed E-state index contributed by atoms with van der Waals surface area (Å²) in [5.74, 6) is 0.715. The maximum atomic E-state index is 13.5. The summed E-state index contributed by atoms with van der Waals surface area (Å²) < 4.78 is 19.0. The molecule has 4 unspecified atom stereocenters. The Balaban J connectivity index is 0.000000401. The average Bonchev–Trinajstić information content (AvgIpc) is 3.81. The third-order valence-electron chi connectivity index (χ3n) is 6.45. The van der Waals surface area contributed by atoms with Crippen LogP contribution in [0.25, 0.3) is 0 Å². The van der Waals surface area contributed by atoms with Crippen molar-refractivity contribution in [2.75, 3.05) is 12.4 Å². The predicted octanol–water partition coefficient (Wildman–Crippen LogP) is 7.53. The molecule has 0 N–H and O–H groups in total. The van der Waals surface area contributed by atoms with E-state index in [1.165, 1.54) is 0 Å². The van der Waals surface area contributed by atoms with Crippen molar-refractivity contribution < 1.29 is 13.7 Å². The zero-order valence-electron chi connectivity index (χ0n) is 22.4. The smallest absolute Gasteiger partial charge is 0.252 e. The fourth-order valence-electron chi connectivity index (χ4n) is 4.42. The van der Waals surface area contributed by atoms with Crippen LogP contribution in [-0.2, 0) is 20.3 Å². The van der Waals surface area contributed by atoms with Crippen LogP contribution >= 0.6 is 23.2 Å². The van der Waals surface area contributed by atoms with Crippen LogP contribution in [-0.4, -0.2) is 44.5 Å². The summed E-state index contributed by atoms with van der Waals surface area (Å²) in [6, 6.07) is 20.2.